The van der Waals surface area contributed by atoms with Crippen LogP contribution in [0.1, 0.15) is 32.1 Å². The number of nitrogens with zero attached hydrogens (tertiary/aromatic N) is 3. The summed E-state index contributed by atoms with van der Waals surface area (Å²) in [5.74, 6) is 2.68. The first-order valence-electron chi connectivity index (χ1n) is 11.0. The first kappa shape index (κ1) is 20.7. The number of pyridine rings is 1. The Morgan fingerprint density at radius 1 is 1.03 bits per heavy atom. The van der Waals surface area contributed by atoms with Gasteiger partial charge in [-0.1, -0.05) is 37.5 Å². The van der Waals surface area contributed by atoms with E-state index in [1.54, 1.807) is 6.20 Å². The summed E-state index contributed by atoms with van der Waals surface area (Å²) in [5, 5.41) is 0. The molecule has 0 N–H and O–H groups in total. The van der Waals surface area contributed by atoms with Crippen LogP contribution in [0.2, 0.25) is 0 Å². The van der Waals surface area contributed by atoms with Gasteiger partial charge < -0.3 is 14.4 Å². The third kappa shape index (κ3) is 5.11. The van der Waals surface area contributed by atoms with Gasteiger partial charge in [0, 0.05) is 31.7 Å². The number of rotatable bonds is 7. The number of hydrogen-bond donors (Lipinski definition) is 0. The molecule has 0 bridgehead atoms. The maximum atomic E-state index is 13.3. The zero-order valence-corrected chi connectivity index (χ0v) is 17.7. The number of aromatic nitrogens is 1. The second-order valence-corrected chi connectivity index (χ2v) is 8.27. The smallest absolute Gasteiger partial charge is 0.231 e. The van der Waals surface area contributed by atoms with Gasteiger partial charge in [-0.3, -0.25) is 9.69 Å². The van der Waals surface area contributed by atoms with Crippen molar-refractivity contribution >= 4 is 11.7 Å². The van der Waals surface area contributed by atoms with Gasteiger partial charge in [0.25, 0.3) is 0 Å². The molecule has 1 amide bonds. The van der Waals surface area contributed by atoms with Gasteiger partial charge >= 0.3 is 0 Å². The van der Waals surface area contributed by atoms with Crippen molar-refractivity contribution in [3.63, 3.8) is 0 Å². The summed E-state index contributed by atoms with van der Waals surface area (Å²) in [6, 6.07) is 13.5. The van der Waals surface area contributed by atoms with Gasteiger partial charge in [0.05, 0.1) is 0 Å². The van der Waals surface area contributed by atoms with Crippen LogP contribution in [0.5, 0.6) is 11.5 Å². The molecule has 1 saturated carbocycles. The Labute approximate surface area is 178 Å². The fourth-order valence-corrected chi connectivity index (χ4v) is 4.28. The Bertz CT molecular complexity index is 823. The Hall–Kier alpha value is -2.60. The first-order valence-corrected chi connectivity index (χ1v) is 11.0. The molecule has 2 heterocycles. The minimum absolute atomic E-state index is 0.0257. The lowest BCUT2D eigenvalue weighted by atomic mass is 9.88. The Morgan fingerprint density at radius 3 is 2.57 bits per heavy atom. The summed E-state index contributed by atoms with van der Waals surface area (Å²) in [5.41, 5.74) is 0. The molecule has 1 atom stereocenters. The van der Waals surface area contributed by atoms with Crippen LogP contribution in [0.3, 0.4) is 0 Å². The lowest BCUT2D eigenvalue weighted by Crippen LogP contribution is -2.45. The second kappa shape index (κ2) is 9.94. The van der Waals surface area contributed by atoms with Gasteiger partial charge in [0.2, 0.25) is 5.91 Å². The zero-order valence-electron chi connectivity index (χ0n) is 17.7. The molecule has 4 rings (SSSR count). The molecule has 0 spiro atoms. The number of fused-ring (bicyclic) bond motifs is 1. The fourth-order valence-electron chi connectivity index (χ4n) is 4.28. The molecule has 0 saturated heterocycles. The van der Waals surface area contributed by atoms with E-state index in [1.165, 1.54) is 6.42 Å². The second-order valence-electron chi connectivity index (χ2n) is 8.27. The molecule has 30 heavy (non-hydrogen) atoms. The quantitative estimate of drug-likeness (QED) is 0.697. The van der Waals surface area contributed by atoms with Crippen LogP contribution in [0.4, 0.5) is 5.82 Å². The number of anilines is 1. The predicted octanol–water partition coefficient (Wildman–Crippen LogP) is 3.77. The average Bonchev–Trinajstić information content (AvgIpc) is 2.80. The number of carbonyl (C=O) groups is 1. The van der Waals surface area contributed by atoms with Crippen molar-refractivity contribution in [1.82, 2.24) is 9.88 Å². The number of likely N-dealkylation sites (N-methyl/N-ethyl adjacent to an activating group) is 1. The summed E-state index contributed by atoms with van der Waals surface area (Å²) < 4.78 is 11.9. The third-order valence-corrected chi connectivity index (χ3v) is 5.93. The topological polar surface area (TPSA) is 54.9 Å². The lowest BCUT2D eigenvalue weighted by Gasteiger charge is -2.32. The maximum absolute atomic E-state index is 13.3. The van der Waals surface area contributed by atoms with E-state index < -0.39 is 0 Å². The predicted molar refractivity (Wildman–Crippen MR) is 117 cm³/mol. The molecule has 1 aliphatic heterocycles. The van der Waals surface area contributed by atoms with Crippen molar-refractivity contribution in [2.75, 3.05) is 38.2 Å². The van der Waals surface area contributed by atoms with Crippen LogP contribution < -0.4 is 14.4 Å². The average molecular weight is 410 g/mol. The largest absolute Gasteiger partial charge is 0.486 e. The molecule has 6 nitrogen and oxygen atoms in total. The molecule has 1 fully saturated rings. The molecule has 0 radical (unpaired) electrons. The van der Waals surface area contributed by atoms with E-state index in [0.29, 0.717) is 13.2 Å². The van der Waals surface area contributed by atoms with Gasteiger partial charge in [-0.25, -0.2) is 4.98 Å². The van der Waals surface area contributed by atoms with E-state index in [0.717, 1.165) is 56.1 Å². The van der Waals surface area contributed by atoms with Gasteiger partial charge in [0.1, 0.15) is 18.5 Å². The van der Waals surface area contributed by atoms with Crippen LogP contribution in [0.25, 0.3) is 0 Å². The highest BCUT2D eigenvalue weighted by Gasteiger charge is 2.28. The molecule has 1 aliphatic carbocycles. The third-order valence-electron chi connectivity index (χ3n) is 5.93. The monoisotopic (exact) mass is 409 g/mol. The zero-order chi connectivity index (χ0) is 20.8. The van der Waals surface area contributed by atoms with E-state index in [9.17, 15) is 4.79 Å². The molecule has 2 aliphatic rings. The van der Waals surface area contributed by atoms with Gasteiger partial charge in [-0.2, -0.15) is 0 Å². The van der Waals surface area contributed by atoms with Crippen molar-refractivity contribution in [3.05, 3.63) is 48.7 Å². The van der Waals surface area contributed by atoms with Gasteiger partial charge in [-0.05, 0) is 44.2 Å². The van der Waals surface area contributed by atoms with Crippen molar-refractivity contribution in [2.24, 2.45) is 5.92 Å². The number of para-hydroxylation sites is 2. The van der Waals surface area contributed by atoms with E-state index in [1.807, 2.05) is 47.4 Å². The number of benzene rings is 1. The van der Waals surface area contributed by atoms with Crippen molar-refractivity contribution in [2.45, 2.75) is 38.2 Å². The molecule has 1 aromatic carbocycles. The minimum Gasteiger partial charge on any atom is -0.486 e. The van der Waals surface area contributed by atoms with E-state index >= 15 is 0 Å². The SMILES string of the molecule is CN(CCN(C(=O)C1CCCCC1)c1ccccn1)CC1COc2ccccc2O1. The van der Waals surface area contributed by atoms with E-state index in [2.05, 4.69) is 16.9 Å². The summed E-state index contributed by atoms with van der Waals surface area (Å²) >= 11 is 0. The van der Waals surface area contributed by atoms with Crippen LogP contribution in [0.15, 0.2) is 48.7 Å². The molecule has 1 unspecified atom stereocenters. The highest BCUT2D eigenvalue weighted by molar-refractivity contribution is 5.94. The maximum Gasteiger partial charge on any atom is 0.231 e. The molecular weight excluding hydrogens is 378 g/mol. The summed E-state index contributed by atoms with van der Waals surface area (Å²) in [6.45, 7) is 2.64. The molecular formula is C24H31N3O3. The Balaban J connectivity index is 1.35. The first-order chi connectivity index (χ1) is 14.7. The highest BCUT2D eigenvalue weighted by atomic mass is 16.6. The normalized spacial score (nSPS) is 18.9. The Kier molecular flexibility index (Phi) is 6.84. The van der Waals surface area contributed by atoms with Crippen molar-refractivity contribution in [1.29, 1.82) is 0 Å². The van der Waals surface area contributed by atoms with Crippen LogP contribution in [0, 0.1) is 5.92 Å². The van der Waals surface area contributed by atoms with E-state index in [-0.39, 0.29) is 17.9 Å². The number of ether oxygens (including phenoxy) is 2. The number of carbonyl (C=O) groups excluding carboxylic acids is 1. The summed E-state index contributed by atoms with van der Waals surface area (Å²) in [6.07, 6.45) is 7.24. The van der Waals surface area contributed by atoms with Crippen LogP contribution >= 0.6 is 0 Å². The number of hydrogen-bond acceptors (Lipinski definition) is 5. The van der Waals surface area contributed by atoms with Gasteiger partial charge in [-0.15, -0.1) is 0 Å². The van der Waals surface area contributed by atoms with Crippen molar-refractivity contribution < 1.29 is 14.3 Å². The lowest BCUT2D eigenvalue weighted by molar-refractivity contribution is -0.123. The number of amides is 1. The van der Waals surface area contributed by atoms with Crippen molar-refractivity contribution in [3.8, 4) is 11.5 Å². The molecule has 2 aromatic rings. The van der Waals surface area contributed by atoms with Gasteiger partial charge in [0.15, 0.2) is 11.5 Å². The molecule has 160 valence electrons. The summed E-state index contributed by atoms with van der Waals surface area (Å²) in [7, 11) is 2.06. The summed E-state index contributed by atoms with van der Waals surface area (Å²) in [4.78, 5) is 21.8. The molecule has 6 heteroatoms. The standard InChI is InChI=1S/C24H31N3O3/c1-26(17-20-18-29-21-11-5-6-12-22(21)30-20)15-16-27(23-13-7-8-14-25-23)24(28)19-9-3-2-4-10-19/h5-8,11-14,19-20H,2-4,9-10,15-18H2,1H3. The highest BCUT2D eigenvalue weighted by Crippen LogP contribution is 2.31. The van der Waals surface area contributed by atoms with Crippen LogP contribution in [-0.2, 0) is 4.79 Å². The minimum atomic E-state index is -0.0257. The van der Waals surface area contributed by atoms with E-state index in [4.69, 9.17) is 9.47 Å². The van der Waals surface area contributed by atoms with Crippen LogP contribution in [-0.4, -0.2) is 55.2 Å². The Morgan fingerprint density at radius 2 is 1.80 bits per heavy atom. The molecule has 1 aromatic heterocycles. The fraction of sp³-hybridized carbons (Fsp3) is 0.500.